The van der Waals surface area contributed by atoms with E-state index >= 15 is 0 Å². The average Bonchev–Trinajstić information content (AvgIpc) is 2.82. The highest BCUT2D eigenvalue weighted by Crippen LogP contribution is 2.27. The van der Waals surface area contributed by atoms with Crippen LogP contribution in [0.25, 0.3) is 10.9 Å². The Morgan fingerprint density at radius 2 is 1.52 bits per heavy atom. The number of rotatable bonds is 4. The van der Waals surface area contributed by atoms with Gasteiger partial charge < -0.3 is 19.3 Å². The molecule has 0 bridgehead atoms. The van der Waals surface area contributed by atoms with Crippen molar-refractivity contribution in [2.45, 2.75) is 0 Å². The number of aromatic nitrogens is 1. The lowest BCUT2D eigenvalue weighted by atomic mass is 10.1. The quantitative estimate of drug-likeness (QED) is 0.582. The van der Waals surface area contributed by atoms with Crippen LogP contribution in [0.4, 0.5) is 0 Å². The van der Waals surface area contributed by atoms with Crippen molar-refractivity contribution in [1.82, 2.24) is 14.8 Å². The zero-order valence-electron chi connectivity index (χ0n) is 17.3. The molecule has 2 aromatic carbocycles. The number of para-hydroxylation sites is 1. The molecule has 0 aliphatic carbocycles. The number of amides is 2. The highest BCUT2D eigenvalue weighted by Gasteiger charge is 2.28. The smallest absolute Gasteiger partial charge is 0.257 e. The Labute approximate surface area is 185 Å². The van der Waals surface area contributed by atoms with Crippen molar-refractivity contribution >= 4 is 34.3 Å². The van der Waals surface area contributed by atoms with Crippen LogP contribution in [0.3, 0.4) is 0 Å². The molecule has 1 aliphatic rings. The second-order valence-electron chi connectivity index (χ2n) is 7.16. The Morgan fingerprint density at radius 3 is 2.16 bits per heavy atom. The van der Waals surface area contributed by atoms with Crippen molar-refractivity contribution in [3.05, 3.63) is 64.8 Å². The number of hydrogen-bond donors (Lipinski definition) is 0. The Hall–Kier alpha value is -3.32. The summed E-state index contributed by atoms with van der Waals surface area (Å²) in [6.07, 6.45) is 0. The van der Waals surface area contributed by atoms with E-state index in [4.69, 9.17) is 21.1 Å². The summed E-state index contributed by atoms with van der Waals surface area (Å²) < 4.78 is 10.6. The van der Waals surface area contributed by atoms with Crippen molar-refractivity contribution in [3.63, 3.8) is 0 Å². The molecule has 0 saturated carbocycles. The van der Waals surface area contributed by atoms with Crippen LogP contribution in [0, 0.1) is 0 Å². The monoisotopic (exact) mass is 439 g/mol. The summed E-state index contributed by atoms with van der Waals surface area (Å²) in [6, 6.07) is 14.1. The first-order chi connectivity index (χ1) is 15.0. The van der Waals surface area contributed by atoms with Gasteiger partial charge in [-0.25, -0.2) is 4.98 Å². The lowest BCUT2D eigenvalue weighted by Gasteiger charge is -2.35. The van der Waals surface area contributed by atoms with Crippen LogP contribution in [0.1, 0.15) is 20.7 Å². The van der Waals surface area contributed by atoms with Crippen LogP contribution in [-0.4, -0.2) is 67.0 Å². The van der Waals surface area contributed by atoms with Crippen LogP contribution in [0.5, 0.6) is 11.5 Å². The number of methoxy groups -OCH3 is 2. The fraction of sp³-hybridized carbons (Fsp3) is 0.261. The van der Waals surface area contributed by atoms with Gasteiger partial charge in [0.15, 0.2) is 0 Å². The van der Waals surface area contributed by atoms with Crippen molar-refractivity contribution in [1.29, 1.82) is 0 Å². The van der Waals surface area contributed by atoms with E-state index in [9.17, 15) is 9.59 Å². The zero-order valence-corrected chi connectivity index (χ0v) is 18.1. The molecule has 2 heterocycles. The Kier molecular flexibility index (Phi) is 5.95. The highest BCUT2D eigenvalue weighted by molar-refractivity contribution is 6.30. The standard InChI is InChI=1S/C23H22ClN3O4/c1-30-15-7-8-17(20(13-15)31-2)22(28)26-9-11-27(12-10-26)23(29)18-14-21(24)25-19-6-4-3-5-16(18)19/h3-8,13-14H,9-12H2,1-2H3. The van der Waals surface area contributed by atoms with Gasteiger partial charge in [0.05, 0.1) is 30.9 Å². The highest BCUT2D eigenvalue weighted by atomic mass is 35.5. The predicted molar refractivity (Wildman–Crippen MR) is 118 cm³/mol. The third-order valence-corrected chi connectivity index (χ3v) is 5.60. The minimum atomic E-state index is -0.135. The van der Waals surface area contributed by atoms with Crippen LogP contribution in [0.15, 0.2) is 48.5 Å². The van der Waals surface area contributed by atoms with Crippen molar-refractivity contribution in [3.8, 4) is 11.5 Å². The number of piperazine rings is 1. The molecule has 0 radical (unpaired) electrons. The number of nitrogens with zero attached hydrogens (tertiary/aromatic N) is 3. The van der Waals surface area contributed by atoms with Gasteiger partial charge >= 0.3 is 0 Å². The Bertz CT molecular complexity index is 1140. The number of carbonyl (C=O) groups is 2. The molecular weight excluding hydrogens is 418 g/mol. The summed E-state index contributed by atoms with van der Waals surface area (Å²) in [6.45, 7) is 1.71. The maximum Gasteiger partial charge on any atom is 0.257 e. The summed E-state index contributed by atoms with van der Waals surface area (Å²) in [5.41, 5.74) is 1.67. The molecule has 1 aromatic heterocycles. The fourth-order valence-corrected chi connectivity index (χ4v) is 3.95. The topological polar surface area (TPSA) is 72.0 Å². The summed E-state index contributed by atoms with van der Waals surface area (Å²) >= 11 is 6.13. The normalized spacial score (nSPS) is 13.9. The first-order valence-corrected chi connectivity index (χ1v) is 10.3. The fourth-order valence-electron chi connectivity index (χ4n) is 3.75. The summed E-state index contributed by atoms with van der Waals surface area (Å²) in [4.78, 5) is 34.0. The molecule has 160 valence electrons. The van der Waals surface area contributed by atoms with E-state index < -0.39 is 0 Å². The van der Waals surface area contributed by atoms with Crippen molar-refractivity contribution in [2.24, 2.45) is 0 Å². The number of pyridine rings is 1. The van der Waals surface area contributed by atoms with E-state index in [0.717, 1.165) is 5.39 Å². The van der Waals surface area contributed by atoms with Gasteiger partial charge in [0.2, 0.25) is 0 Å². The summed E-state index contributed by atoms with van der Waals surface area (Å²) in [5, 5.41) is 1.04. The van der Waals surface area contributed by atoms with E-state index in [-0.39, 0.29) is 17.0 Å². The van der Waals surface area contributed by atoms with E-state index in [1.807, 2.05) is 24.3 Å². The first-order valence-electron chi connectivity index (χ1n) is 9.87. The van der Waals surface area contributed by atoms with Gasteiger partial charge in [-0.3, -0.25) is 9.59 Å². The molecule has 0 N–H and O–H groups in total. The molecule has 4 rings (SSSR count). The van der Waals surface area contributed by atoms with E-state index in [1.165, 1.54) is 7.11 Å². The molecule has 31 heavy (non-hydrogen) atoms. The van der Waals surface area contributed by atoms with Gasteiger partial charge in [-0.2, -0.15) is 0 Å². The minimum absolute atomic E-state index is 0.116. The third kappa shape index (κ3) is 4.14. The number of fused-ring (bicyclic) bond motifs is 1. The second-order valence-corrected chi connectivity index (χ2v) is 7.55. The number of halogens is 1. The number of hydrogen-bond acceptors (Lipinski definition) is 5. The van der Waals surface area contributed by atoms with E-state index in [0.29, 0.717) is 54.3 Å². The van der Waals surface area contributed by atoms with Gasteiger partial charge in [0.1, 0.15) is 16.7 Å². The first kappa shape index (κ1) is 20.9. The molecule has 1 saturated heterocycles. The SMILES string of the molecule is COc1ccc(C(=O)N2CCN(C(=O)c3cc(Cl)nc4ccccc34)CC2)c(OC)c1. The molecular formula is C23H22ClN3O4. The van der Waals surface area contributed by atoms with Gasteiger partial charge in [-0.15, -0.1) is 0 Å². The van der Waals surface area contributed by atoms with Crippen molar-refractivity contribution in [2.75, 3.05) is 40.4 Å². The van der Waals surface area contributed by atoms with Crippen LogP contribution in [-0.2, 0) is 0 Å². The molecule has 0 unspecified atom stereocenters. The molecule has 2 amide bonds. The zero-order chi connectivity index (χ0) is 22.0. The predicted octanol–water partition coefficient (Wildman–Crippen LogP) is 3.50. The van der Waals surface area contributed by atoms with Crippen molar-refractivity contribution < 1.29 is 19.1 Å². The average molecular weight is 440 g/mol. The third-order valence-electron chi connectivity index (χ3n) is 5.41. The molecule has 1 aliphatic heterocycles. The van der Waals surface area contributed by atoms with Crippen LogP contribution < -0.4 is 9.47 Å². The number of carbonyl (C=O) groups excluding carboxylic acids is 2. The number of benzene rings is 2. The minimum Gasteiger partial charge on any atom is -0.497 e. The van der Waals surface area contributed by atoms with Gasteiger partial charge in [0, 0.05) is 37.6 Å². The molecule has 8 heteroatoms. The summed E-state index contributed by atoms with van der Waals surface area (Å²) in [5.74, 6) is 0.825. The van der Waals surface area contributed by atoms with E-state index in [2.05, 4.69) is 4.98 Å². The molecule has 1 fully saturated rings. The van der Waals surface area contributed by atoms with Gasteiger partial charge in [0.25, 0.3) is 11.8 Å². The number of ether oxygens (including phenoxy) is 2. The Balaban J connectivity index is 1.49. The van der Waals surface area contributed by atoms with Gasteiger partial charge in [-0.1, -0.05) is 29.8 Å². The lowest BCUT2D eigenvalue weighted by molar-refractivity contribution is 0.0534. The second kappa shape index (κ2) is 8.81. The molecule has 3 aromatic rings. The Morgan fingerprint density at radius 1 is 0.871 bits per heavy atom. The van der Waals surface area contributed by atoms with Gasteiger partial charge in [-0.05, 0) is 24.3 Å². The summed E-state index contributed by atoms with van der Waals surface area (Å²) in [7, 11) is 3.08. The largest absolute Gasteiger partial charge is 0.497 e. The maximum absolute atomic E-state index is 13.2. The molecule has 0 atom stereocenters. The molecule has 0 spiro atoms. The maximum atomic E-state index is 13.2. The van der Waals surface area contributed by atoms with Crippen LogP contribution >= 0.6 is 11.6 Å². The van der Waals surface area contributed by atoms with Crippen LogP contribution in [0.2, 0.25) is 5.15 Å². The van der Waals surface area contributed by atoms with E-state index in [1.54, 1.807) is 41.2 Å². The lowest BCUT2D eigenvalue weighted by Crippen LogP contribution is -2.50. The molecule has 7 nitrogen and oxygen atoms in total.